The second kappa shape index (κ2) is 6.87. The van der Waals surface area contributed by atoms with Gasteiger partial charge in [0, 0.05) is 25.5 Å². The van der Waals surface area contributed by atoms with E-state index in [0.717, 1.165) is 12.1 Å². The normalized spacial score (nSPS) is 22.8. The number of halogens is 3. The van der Waals surface area contributed by atoms with Crippen molar-refractivity contribution in [3.63, 3.8) is 0 Å². The van der Waals surface area contributed by atoms with Gasteiger partial charge in [-0.05, 0) is 17.7 Å². The lowest BCUT2D eigenvalue weighted by Crippen LogP contribution is -2.48. The number of aliphatic carboxylic acids is 1. The molecule has 2 rings (SSSR count). The summed E-state index contributed by atoms with van der Waals surface area (Å²) in [4.78, 5) is 22.7. The third kappa shape index (κ3) is 4.19. The molecule has 0 heterocycles. The zero-order valence-corrected chi connectivity index (χ0v) is 13.4. The van der Waals surface area contributed by atoms with E-state index in [1.165, 1.54) is 19.2 Å². The average Bonchev–Trinajstić information content (AvgIpc) is 2.49. The first-order valence-corrected chi connectivity index (χ1v) is 7.41. The van der Waals surface area contributed by atoms with Crippen molar-refractivity contribution < 1.29 is 37.3 Å². The zero-order valence-electron chi connectivity index (χ0n) is 13.4. The van der Waals surface area contributed by atoms with Gasteiger partial charge >= 0.3 is 18.1 Å². The minimum absolute atomic E-state index is 0.197. The van der Waals surface area contributed by atoms with Crippen molar-refractivity contribution in [1.29, 1.82) is 0 Å². The number of rotatable bonds is 6. The predicted octanol–water partition coefficient (Wildman–Crippen LogP) is 3.28. The lowest BCUT2D eigenvalue weighted by Gasteiger charge is -2.46. The van der Waals surface area contributed by atoms with E-state index in [9.17, 15) is 22.8 Å². The maximum atomic E-state index is 12.7. The highest BCUT2D eigenvalue weighted by molar-refractivity contribution is 5.91. The van der Waals surface area contributed by atoms with Crippen LogP contribution in [0.1, 0.15) is 30.4 Å². The Morgan fingerprint density at radius 2 is 1.84 bits per heavy atom. The summed E-state index contributed by atoms with van der Waals surface area (Å²) in [5.41, 5.74) is -1.85. The highest BCUT2D eigenvalue weighted by Crippen LogP contribution is 2.47. The van der Waals surface area contributed by atoms with Crippen LogP contribution in [-0.2, 0) is 30.8 Å². The third-order valence-electron chi connectivity index (χ3n) is 4.16. The van der Waals surface area contributed by atoms with E-state index in [4.69, 9.17) is 14.6 Å². The molecular weight excluding hydrogens is 341 g/mol. The summed E-state index contributed by atoms with van der Waals surface area (Å²) in [7, 11) is 1.48. The molecule has 1 N–H and O–H groups in total. The minimum Gasteiger partial charge on any atom is -0.478 e. The number of ether oxygens (including phenoxy) is 2. The van der Waals surface area contributed by atoms with Crippen molar-refractivity contribution in [3.05, 3.63) is 47.5 Å². The molecule has 0 unspecified atom stereocenters. The Balaban J connectivity index is 2.19. The van der Waals surface area contributed by atoms with Crippen molar-refractivity contribution in [3.8, 4) is 0 Å². The number of benzene rings is 1. The molecule has 0 spiro atoms. The van der Waals surface area contributed by atoms with E-state index in [0.29, 0.717) is 5.56 Å². The summed E-state index contributed by atoms with van der Waals surface area (Å²) in [6.45, 7) is 3.26. The van der Waals surface area contributed by atoms with Gasteiger partial charge < -0.3 is 14.6 Å². The number of carbonyl (C=O) groups excluding carboxylic acids is 1. The Hall–Kier alpha value is -2.35. The van der Waals surface area contributed by atoms with Gasteiger partial charge in [0.25, 0.3) is 0 Å². The smallest absolute Gasteiger partial charge is 0.416 e. The van der Waals surface area contributed by atoms with E-state index >= 15 is 0 Å². The molecule has 0 bridgehead atoms. The molecule has 1 aliphatic rings. The number of carboxylic acids is 1. The van der Waals surface area contributed by atoms with Crippen molar-refractivity contribution in [2.45, 2.75) is 37.1 Å². The largest absolute Gasteiger partial charge is 0.478 e. The molecule has 1 saturated carbocycles. The molecule has 0 aliphatic heterocycles. The first-order chi connectivity index (χ1) is 11.6. The predicted molar refractivity (Wildman–Crippen MR) is 80.6 cm³/mol. The summed E-state index contributed by atoms with van der Waals surface area (Å²) in [5.74, 6) is -2.12. The van der Waals surface area contributed by atoms with Crippen molar-refractivity contribution in [2.75, 3.05) is 7.11 Å². The summed E-state index contributed by atoms with van der Waals surface area (Å²) in [6.07, 6.45) is -4.61. The SMILES string of the molecule is C=C(CC(=O)OC1(c2ccc(C(F)(F)F)cc2)CC(OC)C1)C(=O)O. The Kier molecular flexibility index (Phi) is 5.22. The molecule has 136 valence electrons. The van der Waals surface area contributed by atoms with E-state index in [1.807, 2.05) is 0 Å². The number of esters is 1. The Bertz CT molecular complexity index is 673. The molecule has 8 heteroatoms. The highest BCUT2D eigenvalue weighted by Gasteiger charge is 2.49. The Morgan fingerprint density at radius 3 is 2.28 bits per heavy atom. The van der Waals surface area contributed by atoms with Crippen molar-refractivity contribution in [2.24, 2.45) is 0 Å². The zero-order chi connectivity index (χ0) is 18.8. The molecular formula is C17H17F3O5. The van der Waals surface area contributed by atoms with Crippen LogP contribution in [0.4, 0.5) is 13.2 Å². The minimum atomic E-state index is -4.46. The van der Waals surface area contributed by atoms with Gasteiger partial charge in [0.1, 0.15) is 5.60 Å². The van der Waals surface area contributed by atoms with Gasteiger partial charge in [-0.2, -0.15) is 13.2 Å². The number of alkyl halides is 3. The van der Waals surface area contributed by atoms with E-state index in [1.54, 1.807) is 0 Å². The van der Waals surface area contributed by atoms with Crippen LogP contribution in [0.25, 0.3) is 0 Å². The van der Waals surface area contributed by atoms with Crippen molar-refractivity contribution >= 4 is 11.9 Å². The Morgan fingerprint density at radius 1 is 1.28 bits per heavy atom. The summed E-state index contributed by atoms with van der Waals surface area (Å²) >= 11 is 0. The molecule has 0 aromatic heterocycles. The second-order valence-corrected chi connectivity index (χ2v) is 5.89. The monoisotopic (exact) mass is 358 g/mol. The molecule has 1 aromatic carbocycles. The lowest BCUT2D eigenvalue weighted by molar-refractivity contribution is -0.190. The highest BCUT2D eigenvalue weighted by atomic mass is 19.4. The van der Waals surface area contributed by atoms with Crippen molar-refractivity contribution in [1.82, 2.24) is 0 Å². The maximum Gasteiger partial charge on any atom is 0.416 e. The van der Waals surface area contributed by atoms with Crippen LogP contribution in [0.5, 0.6) is 0 Å². The topological polar surface area (TPSA) is 72.8 Å². The summed E-state index contributed by atoms with van der Waals surface area (Å²) < 4.78 is 48.6. The van der Waals surface area contributed by atoms with Gasteiger partial charge in [-0.15, -0.1) is 0 Å². The second-order valence-electron chi connectivity index (χ2n) is 5.89. The van der Waals surface area contributed by atoms with Crippen LogP contribution in [-0.4, -0.2) is 30.3 Å². The lowest BCUT2D eigenvalue weighted by atomic mass is 9.72. The van der Waals surface area contributed by atoms with E-state index in [-0.39, 0.29) is 24.5 Å². The fourth-order valence-electron chi connectivity index (χ4n) is 2.69. The fourth-order valence-corrected chi connectivity index (χ4v) is 2.69. The molecule has 1 fully saturated rings. The van der Waals surface area contributed by atoms with Crippen LogP contribution in [0, 0.1) is 0 Å². The molecule has 1 aromatic rings. The number of methoxy groups -OCH3 is 1. The van der Waals surface area contributed by atoms with Crippen LogP contribution >= 0.6 is 0 Å². The molecule has 0 amide bonds. The average molecular weight is 358 g/mol. The number of carbonyl (C=O) groups is 2. The molecule has 1 aliphatic carbocycles. The number of hydrogen-bond acceptors (Lipinski definition) is 4. The van der Waals surface area contributed by atoms with Gasteiger partial charge in [-0.25, -0.2) is 4.79 Å². The number of hydrogen-bond donors (Lipinski definition) is 1. The third-order valence-corrected chi connectivity index (χ3v) is 4.16. The molecule has 0 radical (unpaired) electrons. The maximum absolute atomic E-state index is 12.7. The fraction of sp³-hybridized carbons (Fsp3) is 0.412. The Labute approximate surface area is 142 Å². The van der Waals surface area contributed by atoms with Crippen LogP contribution in [0.3, 0.4) is 0 Å². The van der Waals surface area contributed by atoms with Crippen LogP contribution < -0.4 is 0 Å². The first-order valence-electron chi connectivity index (χ1n) is 7.41. The number of carboxylic acid groups (broad SMARTS) is 1. The van der Waals surface area contributed by atoms with Gasteiger partial charge in [-0.3, -0.25) is 4.79 Å². The van der Waals surface area contributed by atoms with Crippen LogP contribution in [0.2, 0.25) is 0 Å². The molecule has 25 heavy (non-hydrogen) atoms. The molecule has 0 atom stereocenters. The van der Waals surface area contributed by atoms with E-state index < -0.39 is 35.7 Å². The van der Waals surface area contributed by atoms with Crippen LogP contribution in [0.15, 0.2) is 36.4 Å². The quantitative estimate of drug-likeness (QED) is 0.624. The van der Waals surface area contributed by atoms with Gasteiger partial charge in [-0.1, -0.05) is 18.7 Å². The van der Waals surface area contributed by atoms with E-state index in [2.05, 4.69) is 6.58 Å². The standard InChI is InChI=1S/C17H17F3O5/c1-10(15(22)23)7-14(21)25-16(8-13(9-16)24-2)11-3-5-12(6-4-11)17(18,19)20/h3-6,13H,1,7-9H2,2H3,(H,22,23). The molecule has 0 saturated heterocycles. The first kappa shape index (κ1) is 19.0. The van der Waals surface area contributed by atoms with Gasteiger partial charge in [0.15, 0.2) is 0 Å². The summed E-state index contributed by atoms with van der Waals surface area (Å²) in [5, 5.41) is 8.77. The summed E-state index contributed by atoms with van der Waals surface area (Å²) in [6, 6.07) is 4.35. The van der Waals surface area contributed by atoms with Gasteiger partial charge in [0.05, 0.1) is 18.1 Å². The molecule has 5 nitrogen and oxygen atoms in total. The van der Waals surface area contributed by atoms with Gasteiger partial charge in [0.2, 0.25) is 0 Å².